The Labute approximate surface area is 143 Å². The lowest BCUT2D eigenvalue weighted by Crippen LogP contribution is -2.44. The van der Waals surface area contributed by atoms with E-state index in [4.69, 9.17) is 15.2 Å². The highest BCUT2D eigenvalue weighted by molar-refractivity contribution is 5.96. The Hall–Kier alpha value is -1.79. The van der Waals surface area contributed by atoms with E-state index in [0.717, 1.165) is 12.8 Å². The zero-order valence-corrected chi connectivity index (χ0v) is 14.5. The van der Waals surface area contributed by atoms with Crippen LogP contribution in [0.15, 0.2) is 18.2 Å². The van der Waals surface area contributed by atoms with E-state index >= 15 is 0 Å². The summed E-state index contributed by atoms with van der Waals surface area (Å²) >= 11 is 0. The molecule has 4 N–H and O–H groups in total. The molecule has 6 heteroatoms. The number of hydrogen-bond donors (Lipinski definition) is 3. The zero-order chi connectivity index (χ0) is 17.5. The molecule has 1 fully saturated rings. The average molecular weight is 336 g/mol. The SMILES string of the molecule is COc1cccc(NC(=O)C(O)[C@H](N)CC2CCCCC2)c1OC. The molecule has 1 saturated carbocycles. The van der Waals surface area contributed by atoms with Crippen molar-refractivity contribution in [2.75, 3.05) is 19.5 Å². The molecule has 24 heavy (non-hydrogen) atoms. The summed E-state index contributed by atoms with van der Waals surface area (Å²) in [5.41, 5.74) is 6.51. The summed E-state index contributed by atoms with van der Waals surface area (Å²) < 4.78 is 10.5. The van der Waals surface area contributed by atoms with Crippen molar-refractivity contribution in [3.05, 3.63) is 18.2 Å². The van der Waals surface area contributed by atoms with Crippen LogP contribution in [-0.4, -0.2) is 37.4 Å². The number of nitrogens with one attached hydrogen (secondary N) is 1. The van der Waals surface area contributed by atoms with Gasteiger partial charge in [0.1, 0.15) is 6.10 Å². The van der Waals surface area contributed by atoms with Gasteiger partial charge in [0.2, 0.25) is 0 Å². The number of aliphatic hydroxyl groups excluding tert-OH is 1. The Kier molecular flexibility index (Phi) is 6.87. The maximum Gasteiger partial charge on any atom is 0.254 e. The van der Waals surface area contributed by atoms with Gasteiger partial charge in [-0.15, -0.1) is 0 Å². The first-order valence-corrected chi connectivity index (χ1v) is 8.52. The number of carbonyl (C=O) groups excluding carboxylic acids is 1. The molecule has 0 aromatic heterocycles. The second-order valence-electron chi connectivity index (χ2n) is 6.38. The van der Waals surface area contributed by atoms with Crippen molar-refractivity contribution in [1.29, 1.82) is 0 Å². The van der Waals surface area contributed by atoms with Crippen molar-refractivity contribution < 1.29 is 19.4 Å². The van der Waals surface area contributed by atoms with Crippen LogP contribution in [0.3, 0.4) is 0 Å². The molecule has 1 unspecified atom stereocenters. The van der Waals surface area contributed by atoms with Gasteiger partial charge >= 0.3 is 0 Å². The number of aliphatic hydroxyl groups is 1. The van der Waals surface area contributed by atoms with Crippen LogP contribution < -0.4 is 20.5 Å². The molecule has 1 aromatic rings. The van der Waals surface area contributed by atoms with Crippen LogP contribution in [0.2, 0.25) is 0 Å². The van der Waals surface area contributed by atoms with E-state index in [1.807, 2.05) is 0 Å². The number of para-hydroxylation sites is 1. The highest BCUT2D eigenvalue weighted by atomic mass is 16.5. The second-order valence-corrected chi connectivity index (χ2v) is 6.38. The Bertz CT molecular complexity index is 544. The first-order valence-electron chi connectivity index (χ1n) is 8.52. The molecule has 0 radical (unpaired) electrons. The van der Waals surface area contributed by atoms with Gasteiger partial charge in [-0.3, -0.25) is 4.79 Å². The number of carbonyl (C=O) groups is 1. The third-order valence-electron chi connectivity index (χ3n) is 4.67. The summed E-state index contributed by atoms with van der Waals surface area (Å²) in [4.78, 5) is 12.3. The summed E-state index contributed by atoms with van der Waals surface area (Å²) in [5.74, 6) is 0.908. The van der Waals surface area contributed by atoms with Crippen molar-refractivity contribution >= 4 is 11.6 Å². The highest BCUT2D eigenvalue weighted by Crippen LogP contribution is 2.35. The lowest BCUT2D eigenvalue weighted by molar-refractivity contribution is -0.125. The van der Waals surface area contributed by atoms with Crippen molar-refractivity contribution in [3.8, 4) is 11.5 Å². The third kappa shape index (κ3) is 4.61. The number of benzene rings is 1. The molecule has 1 aliphatic carbocycles. The summed E-state index contributed by atoms with van der Waals surface area (Å²) in [6.07, 6.45) is 5.37. The highest BCUT2D eigenvalue weighted by Gasteiger charge is 2.27. The van der Waals surface area contributed by atoms with Gasteiger partial charge in [-0.2, -0.15) is 0 Å². The van der Waals surface area contributed by atoms with Crippen molar-refractivity contribution in [3.63, 3.8) is 0 Å². The monoisotopic (exact) mass is 336 g/mol. The van der Waals surface area contributed by atoms with E-state index in [1.54, 1.807) is 18.2 Å². The standard InChI is InChI=1S/C18H28N2O4/c1-23-15-10-6-9-14(17(15)24-2)20-18(22)16(21)13(19)11-12-7-4-3-5-8-12/h6,9-10,12-13,16,21H,3-5,7-8,11,19H2,1-2H3,(H,20,22)/t13-,16?/m1/s1. The molecule has 134 valence electrons. The van der Waals surface area contributed by atoms with Crippen LogP contribution in [0, 0.1) is 5.92 Å². The van der Waals surface area contributed by atoms with Crippen LogP contribution >= 0.6 is 0 Å². The number of methoxy groups -OCH3 is 2. The van der Waals surface area contributed by atoms with Crippen LogP contribution in [0.25, 0.3) is 0 Å². The zero-order valence-electron chi connectivity index (χ0n) is 14.5. The molecule has 2 atom stereocenters. The quantitative estimate of drug-likeness (QED) is 0.710. The molecule has 1 amide bonds. The van der Waals surface area contributed by atoms with E-state index in [9.17, 15) is 9.90 Å². The summed E-state index contributed by atoms with van der Waals surface area (Å²) in [7, 11) is 3.02. The van der Waals surface area contributed by atoms with Gasteiger partial charge in [-0.25, -0.2) is 0 Å². The fourth-order valence-corrected chi connectivity index (χ4v) is 3.32. The Morgan fingerprint density at radius 3 is 2.62 bits per heavy atom. The van der Waals surface area contributed by atoms with Gasteiger partial charge in [-0.1, -0.05) is 38.2 Å². The predicted octanol–water partition coefficient (Wildman–Crippen LogP) is 2.30. The lowest BCUT2D eigenvalue weighted by Gasteiger charge is -2.26. The molecule has 6 nitrogen and oxygen atoms in total. The van der Waals surface area contributed by atoms with E-state index in [1.165, 1.54) is 33.5 Å². The van der Waals surface area contributed by atoms with Crippen LogP contribution in [-0.2, 0) is 4.79 Å². The largest absolute Gasteiger partial charge is 0.493 e. The number of amides is 1. The topological polar surface area (TPSA) is 93.8 Å². The van der Waals surface area contributed by atoms with E-state index in [2.05, 4.69) is 5.32 Å². The molecule has 2 rings (SSSR count). The molecule has 1 aromatic carbocycles. The van der Waals surface area contributed by atoms with Crippen LogP contribution in [0.1, 0.15) is 38.5 Å². The lowest BCUT2D eigenvalue weighted by atomic mass is 9.84. The van der Waals surface area contributed by atoms with Gasteiger partial charge in [0, 0.05) is 6.04 Å². The minimum Gasteiger partial charge on any atom is -0.493 e. The fourth-order valence-electron chi connectivity index (χ4n) is 3.32. The molecule has 1 aliphatic rings. The summed E-state index contributed by atoms with van der Waals surface area (Å²) in [6, 6.07) is 4.61. The van der Waals surface area contributed by atoms with Crippen LogP contribution in [0.4, 0.5) is 5.69 Å². The normalized spacial score (nSPS) is 17.8. The average Bonchev–Trinajstić information content (AvgIpc) is 2.61. The summed E-state index contributed by atoms with van der Waals surface area (Å²) in [6.45, 7) is 0. The van der Waals surface area contributed by atoms with Crippen molar-refractivity contribution in [2.24, 2.45) is 11.7 Å². The molecule has 0 aliphatic heterocycles. The van der Waals surface area contributed by atoms with E-state index in [-0.39, 0.29) is 0 Å². The van der Waals surface area contributed by atoms with Gasteiger partial charge in [0.25, 0.3) is 5.91 Å². The first kappa shape index (κ1) is 18.5. The molecule has 0 saturated heterocycles. The molecule has 0 heterocycles. The fraction of sp³-hybridized carbons (Fsp3) is 0.611. The second kappa shape index (κ2) is 8.89. The van der Waals surface area contributed by atoms with Gasteiger partial charge < -0.3 is 25.6 Å². The minimum atomic E-state index is -1.25. The smallest absolute Gasteiger partial charge is 0.254 e. The molecular weight excluding hydrogens is 308 g/mol. The molecular formula is C18H28N2O4. The Morgan fingerprint density at radius 2 is 2.00 bits per heavy atom. The maximum atomic E-state index is 12.3. The summed E-state index contributed by atoms with van der Waals surface area (Å²) in [5, 5.41) is 12.9. The van der Waals surface area contributed by atoms with Crippen LogP contribution in [0.5, 0.6) is 11.5 Å². The number of hydrogen-bond acceptors (Lipinski definition) is 5. The Morgan fingerprint density at radius 1 is 1.29 bits per heavy atom. The minimum absolute atomic E-state index is 0.418. The molecule has 0 bridgehead atoms. The van der Waals surface area contributed by atoms with Gasteiger partial charge in [-0.05, 0) is 24.5 Å². The number of rotatable bonds is 7. The van der Waals surface area contributed by atoms with E-state index in [0.29, 0.717) is 29.5 Å². The third-order valence-corrected chi connectivity index (χ3v) is 4.67. The maximum absolute atomic E-state index is 12.3. The predicted molar refractivity (Wildman–Crippen MR) is 93.3 cm³/mol. The van der Waals surface area contributed by atoms with Crippen molar-refractivity contribution in [2.45, 2.75) is 50.7 Å². The Balaban J connectivity index is 1.98. The number of nitrogens with two attached hydrogens (primary N) is 1. The van der Waals surface area contributed by atoms with Gasteiger partial charge in [0.05, 0.1) is 19.9 Å². The number of ether oxygens (including phenoxy) is 2. The van der Waals surface area contributed by atoms with E-state index < -0.39 is 18.1 Å². The van der Waals surface area contributed by atoms with Crippen molar-refractivity contribution in [1.82, 2.24) is 0 Å². The first-order chi connectivity index (χ1) is 11.6. The van der Waals surface area contributed by atoms with Gasteiger partial charge in [0.15, 0.2) is 11.5 Å². The number of anilines is 1. The molecule has 0 spiro atoms.